The second-order valence-corrected chi connectivity index (χ2v) is 7.50. The van der Waals surface area contributed by atoms with Crippen LogP contribution in [0.4, 0.5) is 0 Å². The largest absolute Gasteiger partial charge is 0.493 e. The van der Waals surface area contributed by atoms with Crippen molar-refractivity contribution in [3.63, 3.8) is 0 Å². The van der Waals surface area contributed by atoms with Crippen LogP contribution < -0.4 is 19.5 Å². The molecule has 8 heteroatoms. The van der Waals surface area contributed by atoms with Gasteiger partial charge in [-0.05, 0) is 42.8 Å². The highest BCUT2D eigenvalue weighted by atomic mass is 32.1. The summed E-state index contributed by atoms with van der Waals surface area (Å²) in [5.41, 5.74) is 1.14. The molecule has 2 aliphatic rings. The zero-order valence-electron chi connectivity index (χ0n) is 17.0. The number of hydrogen-bond acceptors (Lipinski definition) is 6. The van der Waals surface area contributed by atoms with E-state index in [2.05, 4.69) is 15.1 Å². The first-order valence-corrected chi connectivity index (χ1v) is 10.2. The summed E-state index contributed by atoms with van der Waals surface area (Å²) in [6, 6.07) is 4.03. The van der Waals surface area contributed by atoms with Crippen LogP contribution in [-0.2, 0) is 11.3 Å². The van der Waals surface area contributed by atoms with E-state index < -0.39 is 0 Å². The normalized spacial score (nSPS) is 20.1. The van der Waals surface area contributed by atoms with Gasteiger partial charge in [-0.3, -0.25) is 4.90 Å². The van der Waals surface area contributed by atoms with E-state index in [0.29, 0.717) is 23.4 Å². The van der Waals surface area contributed by atoms with Crippen LogP contribution in [0.1, 0.15) is 18.4 Å². The summed E-state index contributed by atoms with van der Waals surface area (Å²) in [5, 5.41) is 4.20. The molecule has 1 N–H and O–H groups in total. The minimum Gasteiger partial charge on any atom is -0.493 e. The topological polar surface area (TPSA) is 55.4 Å². The van der Waals surface area contributed by atoms with E-state index in [1.807, 2.05) is 12.1 Å². The molecule has 156 valence electrons. The summed E-state index contributed by atoms with van der Waals surface area (Å²) in [4.78, 5) is 4.66. The molecule has 0 unspecified atom stereocenters. The van der Waals surface area contributed by atoms with E-state index in [-0.39, 0.29) is 0 Å². The van der Waals surface area contributed by atoms with Crippen molar-refractivity contribution >= 4 is 17.3 Å². The Morgan fingerprint density at radius 3 is 2.32 bits per heavy atom. The molecule has 2 saturated heterocycles. The lowest BCUT2D eigenvalue weighted by atomic mass is 10.1. The number of hydrogen-bond donors (Lipinski definition) is 1. The number of piperazine rings is 1. The fourth-order valence-corrected chi connectivity index (χ4v) is 3.98. The van der Waals surface area contributed by atoms with Crippen LogP contribution in [0.25, 0.3) is 0 Å². The Morgan fingerprint density at radius 1 is 1.11 bits per heavy atom. The smallest absolute Gasteiger partial charge is 0.203 e. The maximum absolute atomic E-state index is 5.65. The van der Waals surface area contributed by atoms with E-state index >= 15 is 0 Å². The second-order valence-electron chi connectivity index (χ2n) is 7.12. The molecule has 7 nitrogen and oxygen atoms in total. The quantitative estimate of drug-likeness (QED) is 0.686. The molecule has 0 spiro atoms. The van der Waals surface area contributed by atoms with Gasteiger partial charge in [0.15, 0.2) is 16.6 Å². The number of rotatable bonds is 7. The first kappa shape index (κ1) is 21.0. The molecule has 1 aromatic carbocycles. The first-order chi connectivity index (χ1) is 13.6. The van der Waals surface area contributed by atoms with Crippen LogP contribution in [0.2, 0.25) is 0 Å². The molecule has 2 fully saturated rings. The molecule has 1 atom stereocenters. The lowest BCUT2D eigenvalue weighted by molar-refractivity contribution is 0.112. The monoisotopic (exact) mass is 409 g/mol. The highest BCUT2D eigenvalue weighted by Crippen LogP contribution is 2.38. The Kier molecular flexibility index (Phi) is 7.58. The van der Waals surface area contributed by atoms with Gasteiger partial charge in [-0.1, -0.05) is 0 Å². The van der Waals surface area contributed by atoms with Crippen molar-refractivity contribution in [3.8, 4) is 17.2 Å². The molecule has 2 heterocycles. The van der Waals surface area contributed by atoms with Crippen molar-refractivity contribution in [2.45, 2.75) is 25.5 Å². The molecule has 0 amide bonds. The van der Waals surface area contributed by atoms with Crippen LogP contribution in [0, 0.1) is 0 Å². The van der Waals surface area contributed by atoms with Crippen molar-refractivity contribution in [1.82, 2.24) is 15.1 Å². The maximum atomic E-state index is 5.65. The Morgan fingerprint density at radius 2 is 1.79 bits per heavy atom. The van der Waals surface area contributed by atoms with Crippen LogP contribution in [-0.4, -0.2) is 81.7 Å². The van der Waals surface area contributed by atoms with Crippen molar-refractivity contribution in [2.24, 2.45) is 0 Å². The second kappa shape index (κ2) is 10.1. The van der Waals surface area contributed by atoms with Crippen LogP contribution in [0.5, 0.6) is 17.2 Å². The summed E-state index contributed by atoms with van der Waals surface area (Å²) in [6.07, 6.45) is 2.58. The molecule has 28 heavy (non-hydrogen) atoms. The summed E-state index contributed by atoms with van der Waals surface area (Å²) < 4.78 is 22.0. The predicted molar refractivity (Wildman–Crippen MR) is 113 cm³/mol. The van der Waals surface area contributed by atoms with Crippen molar-refractivity contribution in [2.75, 3.05) is 60.7 Å². The molecule has 0 aromatic heterocycles. The van der Waals surface area contributed by atoms with E-state index in [1.165, 1.54) is 0 Å². The highest BCUT2D eigenvalue weighted by molar-refractivity contribution is 7.80. The average Bonchev–Trinajstić information content (AvgIpc) is 3.25. The number of methoxy groups -OCH3 is 3. The van der Waals surface area contributed by atoms with Crippen LogP contribution >= 0.6 is 12.2 Å². The number of nitrogens with zero attached hydrogens (tertiary/aromatic N) is 2. The van der Waals surface area contributed by atoms with Gasteiger partial charge in [-0.2, -0.15) is 0 Å². The Balaban J connectivity index is 1.50. The van der Waals surface area contributed by atoms with Gasteiger partial charge in [0.25, 0.3) is 0 Å². The van der Waals surface area contributed by atoms with E-state index in [9.17, 15) is 0 Å². The number of nitrogens with one attached hydrogen (secondary N) is 1. The third kappa shape index (κ3) is 5.18. The molecule has 0 aliphatic carbocycles. The summed E-state index contributed by atoms with van der Waals surface area (Å²) in [6.45, 7) is 6.27. The number of benzene rings is 1. The molecule has 0 saturated carbocycles. The molecule has 3 rings (SSSR count). The lowest BCUT2D eigenvalue weighted by Gasteiger charge is -2.36. The standard InChI is InChI=1S/C20H31N3O4S/c1-24-17-11-15(12-18(25-2)19(17)26-3)14-22-6-8-23(9-7-22)20(28)21-13-16-5-4-10-27-16/h11-12,16H,4-10,13-14H2,1-3H3,(H,21,28)/t16-/m0/s1. The van der Waals surface area contributed by atoms with Crippen molar-refractivity contribution in [1.29, 1.82) is 0 Å². The number of ether oxygens (including phenoxy) is 4. The Labute approximate surface area is 172 Å². The predicted octanol–water partition coefficient (Wildman–Crippen LogP) is 1.88. The van der Waals surface area contributed by atoms with Gasteiger partial charge in [0.1, 0.15) is 0 Å². The zero-order chi connectivity index (χ0) is 19.9. The van der Waals surface area contributed by atoms with Gasteiger partial charge in [0.05, 0.1) is 27.4 Å². The fraction of sp³-hybridized carbons (Fsp3) is 0.650. The number of thiocarbonyl (C=S) groups is 1. The highest BCUT2D eigenvalue weighted by Gasteiger charge is 2.22. The van der Waals surface area contributed by atoms with Gasteiger partial charge in [-0.25, -0.2) is 0 Å². The minimum absolute atomic E-state index is 0.305. The molecular formula is C20H31N3O4S. The third-order valence-corrected chi connectivity index (χ3v) is 5.70. The van der Waals surface area contributed by atoms with E-state index in [0.717, 1.165) is 69.4 Å². The van der Waals surface area contributed by atoms with Gasteiger partial charge < -0.3 is 29.2 Å². The molecule has 1 aromatic rings. The molecular weight excluding hydrogens is 378 g/mol. The third-order valence-electron chi connectivity index (χ3n) is 5.30. The molecule has 2 aliphatic heterocycles. The summed E-state index contributed by atoms with van der Waals surface area (Å²) in [5.74, 6) is 2.01. The van der Waals surface area contributed by atoms with Gasteiger partial charge in [0.2, 0.25) is 5.75 Å². The van der Waals surface area contributed by atoms with Crippen molar-refractivity contribution < 1.29 is 18.9 Å². The van der Waals surface area contributed by atoms with E-state index in [1.54, 1.807) is 21.3 Å². The zero-order valence-corrected chi connectivity index (χ0v) is 17.8. The SMILES string of the molecule is COc1cc(CN2CCN(C(=S)NC[C@@H]3CCCO3)CC2)cc(OC)c1OC. The lowest BCUT2D eigenvalue weighted by Crippen LogP contribution is -2.52. The fourth-order valence-electron chi connectivity index (χ4n) is 3.71. The minimum atomic E-state index is 0.305. The Bertz CT molecular complexity index is 634. The van der Waals surface area contributed by atoms with Crippen LogP contribution in [0.3, 0.4) is 0 Å². The van der Waals surface area contributed by atoms with Crippen LogP contribution in [0.15, 0.2) is 12.1 Å². The van der Waals surface area contributed by atoms with Gasteiger partial charge in [0, 0.05) is 45.9 Å². The van der Waals surface area contributed by atoms with Crippen molar-refractivity contribution in [3.05, 3.63) is 17.7 Å². The molecule has 0 bridgehead atoms. The van der Waals surface area contributed by atoms with Gasteiger partial charge in [-0.15, -0.1) is 0 Å². The first-order valence-electron chi connectivity index (χ1n) is 9.80. The van der Waals surface area contributed by atoms with Gasteiger partial charge >= 0.3 is 0 Å². The Hall–Kier alpha value is -1.77. The summed E-state index contributed by atoms with van der Waals surface area (Å²) in [7, 11) is 4.91. The maximum Gasteiger partial charge on any atom is 0.203 e. The van der Waals surface area contributed by atoms with E-state index in [4.69, 9.17) is 31.2 Å². The molecule has 0 radical (unpaired) electrons. The average molecular weight is 410 g/mol. The summed E-state index contributed by atoms with van der Waals surface area (Å²) >= 11 is 5.56.